The van der Waals surface area contributed by atoms with Gasteiger partial charge in [0.1, 0.15) is 0 Å². The first-order valence-corrected chi connectivity index (χ1v) is 7.31. The van der Waals surface area contributed by atoms with Gasteiger partial charge in [0.15, 0.2) is 0 Å². The third kappa shape index (κ3) is 3.55. The minimum Gasteiger partial charge on any atom is -0.396 e. The number of hydrogen-bond acceptors (Lipinski definition) is 4. The van der Waals surface area contributed by atoms with Crippen LogP contribution in [0.1, 0.15) is 12.0 Å². The molecule has 6 nitrogen and oxygen atoms in total. The molecule has 0 aliphatic rings. The molecule has 1 aromatic heterocycles. The highest BCUT2D eigenvalue weighted by molar-refractivity contribution is 7.92. The van der Waals surface area contributed by atoms with E-state index in [0.29, 0.717) is 12.1 Å². The molecule has 0 saturated heterocycles. The predicted molar refractivity (Wildman–Crippen MR) is 71.2 cm³/mol. The van der Waals surface area contributed by atoms with Crippen LogP contribution in [0, 0.1) is 0 Å². The summed E-state index contributed by atoms with van der Waals surface area (Å²) in [5, 5.41) is 14.9. The number of hydrogen-bond donors (Lipinski definition) is 3. The monoisotopic (exact) mass is 281 g/mol. The first-order valence-electron chi connectivity index (χ1n) is 5.83. The van der Waals surface area contributed by atoms with E-state index in [0.717, 1.165) is 12.0 Å². The fourth-order valence-corrected chi connectivity index (χ4v) is 2.67. The van der Waals surface area contributed by atoms with Crippen LogP contribution in [-0.2, 0) is 16.4 Å². The largest absolute Gasteiger partial charge is 0.396 e. The lowest BCUT2D eigenvalue weighted by Gasteiger charge is -2.06. The number of benzene rings is 1. The highest BCUT2D eigenvalue weighted by atomic mass is 32.2. The van der Waals surface area contributed by atoms with E-state index in [1.54, 1.807) is 24.3 Å². The Bertz CT molecular complexity index is 606. The van der Waals surface area contributed by atoms with Crippen molar-refractivity contribution in [2.45, 2.75) is 17.7 Å². The van der Waals surface area contributed by atoms with Crippen molar-refractivity contribution in [2.24, 2.45) is 0 Å². The molecule has 102 valence electrons. The molecule has 1 heterocycles. The number of nitrogens with one attached hydrogen (secondary N) is 2. The maximum absolute atomic E-state index is 12.0. The number of aliphatic hydroxyl groups excluding tert-OH is 1. The summed E-state index contributed by atoms with van der Waals surface area (Å²) in [5.41, 5.74) is 1.39. The average Bonchev–Trinajstić information content (AvgIpc) is 2.89. The van der Waals surface area contributed by atoms with Crippen LogP contribution in [0.5, 0.6) is 0 Å². The highest BCUT2D eigenvalue weighted by Gasteiger charge is 2.14. The molecule has 7 heteroatoms. The summed E-state index contributed by atoms with van der Waals surface area (Å²) in [7, 11) is -3.58. The van der Waals surface area contributed by atoms with E-state index in [9.17, 15) is 8.42 Å². The number of sulfonamides is 1. The smallest absolute Gasteiger partial charge is 0.261 e. The van der Waals surface area contributed by atoms with Gasteiger partial charge in [-0.3, -0.25) is 9.82 Å². The lowest BCUT2D eigenvalue weighted by atomic mass is 10.1. The Kier molecular flexibility index (Phi) is 4.18. The van der Waals surface area contributed by atoms with Crippen molar-refractivity contribution in [3.63, 3.8) is 0 Å². The van der Waals surface area contributed by atoms with E-state index < -0.39 is 10.0 Å². The number of aryl methyl sites for hydroxylation is 1. The first kappa shape index (κ1) is 13.6. The van der Waals surface area contributed by atoms with Crippen LogP contribution >= 0.6 is 0 Å². The molecule has 0 amide bonds. The molecule has 0 spiro atoms. The van der Waals surface area contributed by atoms with Crippen LogP contribution in [0.25, 0.3) is 0 Å². The zero-order valence-electron chi connectivity index (χ0n) is 10.2. The quantitative estimate of drug-likeness (QED) is 0.740. The Morgan fingerprint density at radius 3 is 2.58 bits per heavy atom. The van der Waals surface area contributed by atoms with Crippen molar-refractivity contribution in [3.8, 4) is 0 Å². The zero-order chi connectivity index (χ0) is 13.7. The minimum absolute atomic E-state index is 0.127. The second kappa shape index (κ2) is 5.85. The SMILES string of the molecule is O=S(=O)(Nc1cn[nH]c1)c1ccc(CCCO)cc1. The molecular formula is C12H15N3O3S. The summed E-state index contributed by atoms with van der Waals surface area (Å²) in [6, 6.07) is 6.60. The second-order valence-electron chi connectivity index (χ2n) is 4.06. The Balaban J connectivity index is 2.12. The number of nitrogens with zero attached hydrogens (tertiary/aromatic N) is 1. The van der Waals surface area contributed by atoms with Crippen molar-refractivity contribution in [2.75, 3.05) is 11.3 Å². The third-order valence-electron chi connectivity index (χ3n) is 2.61. The maximum atomic E-state index is 12.0. The zero-order valence-corrected chi connectivity index (χ0v) is 11.0. The highest BCUT2D eigenvalue weighted by Crippen LogP contribution is 2.15. The summed E-state index contributed by atoms with van der Waals surface area (Å²) in [6.07, 6.45) is 4.26. The van der Waals surface area contributed by atoms with Crippen molar-refractivity contribution in [3.05, 3.63) is 42.2 Å². The lowest BCUT2D eigenvalue weighted by molar-refractivity contribution is 0.288. The Labute approximate surface area is 111 Å². The van der Waals surface area contributed by atoms with Crippen LogP contribution in [-0.4, -0.2) is 30.3 Å². The van der Waals surface area contributed by atoms with Gasteiger partial charge in [0.05, 0.1) is 16.8 Å². The molecule has 0 bridgehead atoms. The number of H-pyrrole nitrogens is 1. The average molecular weight is 281 g/mol. The van der Waals surface area contributed by atoms with Gasteiger partial charge in [-0.05, 0) is 30.5 Å². The number of rotatable bonds is 6. The van der Waals surface area contributed by atoms with Gasteiger partial charge in [-0.25, -0.2) is 8.42 Å². The van der Waals surface area contributed by atoms with E-state index in [1.807, 2.05) is 0 Å². The number of anilines is 1. The number of aliphatic hydroxyl groups is 1. The summed E-state index contributed by atoms with van der Waals surface area (Å²) >= 11 is 0. The lowest BCUT2D eigenvalue weighted by Crippen LogP contribution is -2.12. The van der Waals surface area contributed by atoms with Crippen molar-refractivity contribution >= 4 is 15.7 Å². The molecule has 2 rings (SSSR count). The molecular weight excluding hydrogens is 266 g/mol. The Morgan fingerprint density at radius 1 is 1.26 bits per heavy atom. The van der Waals surface area contributed by atoms with Gasteiger partial charge < -0.3 is 5.11 Å². The normalized spacial score (nSPS) is 11.4. The molecule has 0 aliphatic heterocycles. The molecule has 3 N–H and O–H groups in total. The molecule has 0 radical (unpaired) electrons. The van der Waals surface area contributed by atoms with Gasteiger partial charge in [0, 0.05) is 12.8 Å². The standard InChI is InChI=1S/C12H15N3O3S/c16-7-1-2-10-3-5-12(6-4-10)19(17,18)15-11-8-13-14-9-11/h3-6,8-9,15-16H,1-2,7H2,(H,13,14). The fourth-order valence-electron chi connectivity index (χ4n) is 1.64. The molecule has 0 aliphatic carbocycles. The van der Waals surface area contributed by atoms with Gasteiger partial charge in [-0.2, -0.15) is 5.10 Å². The van der Waals surface area contributed by atoms with Crippen molar-refractivity contribution < 1.29 is 13.5 Å². The van der Waals surface area contributed by atoms with Gasteiger partial charge in [0.2, 0.25) is 0 Å². The second-order valence-corrected chi connectivity index (χ2v) is 5.75. The van der Waals surface area contributed by atoms with Crippen LogP contribution < -0.4 is 4.72 Å². The summed E-state index contributed by atoms with van der Waals surface area (Å²) < 4.78 is 26.5. The van der Waals surface area contributed by atoms with Crippen LogP contribution in [0.4, 0.5) is 5.69 Å². The predicted octanol–water partition coefficient (Wildman–Crippen LogP) is 1.14. The van der Waals surface area contributed by atoms with Crippen LogP contribution in [0.2, 0.25) is 0 Å². The van der Waals surface area contributed by atoms with Gasteiger partial charge >= 0.3 is 0 Å². The maximum Gasteiger partial charge on any atom is 0.261 e. The first-order chi connectivity index (χ1) is 9.12. The third-order valence-corrected chi connectivity index (χ3v) is 4.00. The van der Waals surface area contributed by atoms with Crippen LogP contribution in [0.15, 0.2) is 41.6 Å². The van der Waals surface area contributed by atoms with E-state index in [4.69, 9.17) is 5.11 Å². The summed E-state index contributed by atoms with van der Waals surface area (Å²) in [6.45, 7) is 0.127. The molecule has 19 heavy (non-hydrogen) atoms. The van der Waals surface area contributed by atoms with Gasteiger partial charge in [-0.1, -0.05) is 12.1 Å². The van der Waals surface area contributed by atoms with Crippen molar-refractivity contribution in [1.82, 2.24) is 10.2 Å². The van der Waals surface area contributed by atoms with E-state index in [-0.39, 0.29) is 11.5 Å². The molecule has 1 aromatic carbocycles. The van der Waals surface area contributed by atoms with Gasteiger partial charge in [0.25, 0.3) is 10.0 Å². The Hall–Kier alpha value is -1.86. The molecule has 0 saturated carbocycles. The molecule has 0 unspecified atom stereocenters. The van der Waals surface area contributed by atoms with E-state index >= 15 is 0 Å². The molecule has 0 fully saturated rings. The van der Waals surface area contributed by atoms with Crippen LogP contribution in [0.3, 0.4) is 0 Å². The van der Waals surface area contributed by atoms with Crippen molar-refractivity contribution in [1.29, 1.82) is 0 Å². The van der Waals surface area contributed by atoms with Gasteiger partial charge in [-0.15, -0.1) is 0 Å². The number of aromatic amines is 1. The summed E-state index contributed by atoms with van der Waals surface area (Å²) in [5.74, 6) is 0. The number of aromatic nitrogens is 2. The van der Waals surface area contributed by atoms with E-state index in [1.165, 1.54) is 12.4 Å². The minimum atomic E-state index is -3.58. The fraction of sp³-hybridized carbons (Fsp3) is 0.250. The van der Waals surface area contributed by atoms with E-state index in [2.05, 4.69) is 14.9 Å². The topological polar surface area (TPSA) is 95.1 Å². The molecule has 2 aromatic rings. The summed E-state index contributed by atoms with van der Waals surface area (Å²) in [4.78, 5) is 0.196. The Morgan fingerprint density at radius 2 is 2.00 bits per heavy atom. The molecule has 0 atom stereocenters.